The van der Waals surface area contributed by atoms with Crippen molar-refractivity contribution >= 4 is 145 Å². The van der Waals surface area contributed by atoms with E-state index in [1.54, 1.807) is 4.57 Å². The fraction of sp³-hybridized carbons (Fsp3) is 0.0870. The molecule has 99 heavy (non-hydrogen) atoms. The van der Waals surface area contributed by atoms with Crippen LogP contribution < -0.4 is 26.2 Å². The first-order valence-corrected chi connectivity index (χ1v) is 33.3. The number of hydrogen-bond donors (Lipinski definition) is 0. The van der Waals surface area contributed by atoms with Crippen LogP contribution in [0.15, 0.2) is 306 Å². The normalized spacial score (nSPS) is 15.4. The van der Waals surface area contributed by atoms with Crippen molar-refractivity contribution in [2.75, 3.05) is 9.80 Å². The molecule has 0 aliphatic carbocycles. The second kappa shape index (κ2) is 21.2. The van der Waals surface area contributed by atoms with Gasteiger partial charge in [-0.2, -0.15) is 0 Å². The molecule has 0 radical (unpaired) electrons. The predicted molar refractivity (Wildman–Crippen MR) is 417 cm³/mol. The Morgan fingerprint density at radius 2 is 0.788 bits per heavy atom. The van der Waals surface area contributed by atoms with Crippen LogP contribution in [-0.4, -0.2) is 15.8 Å². The van der Waals surface area contributed by atoms with Gasteiger partial charge in [0.2, 0.25) is 0 Å². The smallest absolute Gasteiger partial charge is 0.252 e. The van der Waals surface area contributed by atoms with E-state index in [1.165, 1.54) is 4.57 Å². The van der Waals surface area contributed by atoms with Gasteiger partial charge in [0.25, 0.3) is 6.71 Å². The molecule has 0 fully saturated rings. The minimum Gasteiger partial charge on any atom is -0.456 e. The third kappa shape index (κ3) is 8.63. The summed E-state index contributed by atoms with van der Waals surface area (Å²) in [5.74, 6) is 0. The number of benzene rings is 14. The Labute approximate surface area is 597 Å². The maximum Gasteiger partial charge on any atom is 0.252 e. The van der Waals surface area contributed by atoms with Gasteiger partial charge in [0.1, 0.15) is 22.3 Å². The Hall–Kier alpha value is -12.1. The zero-order valence-corrected chi connectivity index (χ0v) is 54.7. The Morgan fingerprint density at radius 3 is 1.37 bits per heavy atom. The first-order chi connectivity index (χ1) is 55.0. The van der Waals surface area contributed by atoms with E-state index in [1.807, 2.05) is 152 Å². The molecular weight excluding hydrogens is 1200 g/mol. The highest BCUT2D eigenvalue weighted by atomic mass is 16.3. The van der Waals surface area contributed by atoms with E-state index in [0.29, 0.717) is 78.3 Å². The van der Waals surface area contributed by atoms with Crippen LogP contribution in [-0.2, 0) is 10.8 Å². The number of furan rings is 2. The van der Waals surface area contributed by atoms with Gasteiger partial charge in [0.05, 0.1) is 71.8 Å². The van der Waals surface area contributed by atoms with Gasteiger partial charge in [-0.25, -0.2) is 0 Å². The minimum atomic E-state index is -0.805. The average molecular weight is 1290 g/mol. The number of hydrogen-bond acceptors (Lipinski definition) is 4. The quantitative estimate of drug-likeness (QED) is 0.149. The van der Waals surface area contributed by atoms with Crippen molar-refractivity contribution in [2.24, 2.45) is 0 Å². The lowest BCUT2D eigenvalue weighted by Gasteiger charge is -2.45. The SMILES string of the molecule is [2H]c1c([2H])c([2H])c2c(c1[2H])c1c([2H])c([2H])c([2H])c([2H])c1n2-c1ccc2c(c1)N(c1c(-c3ccccc3)ccc3oc4ccccc4c13)c1cc(-n3c4c([2H])c([2H])c([2H])c([2H])c4c4c([2H])c([2H])c([2H])c([2H])c43)cc3c1B2c1ccc(-c2cc(C(C)(C)C)cc(C(C)(C)C)c2)cc1N3c1cc(-c2ccccc2)cc2oc3ccccc3c12. The molecular formula is C92H67BN4O2. The zero-order chi connectivity index (χ0) is 80.1. The van der Waals surface area contributed by atoms with E-state index in [-0.39, 0.29) is 65.8 Å². The Balaban J connectivity index is 1.04. The molecule has 18 aromatic rings. The molecule has 0 bridgehead atoms. The molecule has 0 N–H and O–H groups in total. The lowest BCUT2D eigenvalue weighted by Crippen LogP contribution is -2.61. The molecule has 0 saturated heterocycles. The summed E-state index contributed by atoms with van der Waals surface area (Å²) >= 11 is 0. The Kier molecular flexibility index (Phi) is 9.26. The van der Waals surface area contributed by atoms with Gasteiger partial charge in [-0.15, -0.1) is 0 Å². The van der Waals surface area contributed by atoms with Crippen LogP contribution in [0, 0.1) is 0 Å². The predicted octanol–water partition coefficient (Wildman–Crippen LogP) is 23.4. The molecule has 6 heterocycles. The Bertz CT molecular complexity index is 7240. The number of para-hydroxylation sites is 6. The van der Waals surface area contributed by atoms with E-state index < -0.39 is 103 Å². The monoisotopic (exact) mass is 1290 g/mol. The van der Waals surface area contributed by atoms with E-state index in [2.05, 4.69) is 99.9 Å². The maximum atomic E-state index is 10.2. The van der Waals surface area contributed by atoms with Crippen LogP contribution in [0.5, 0.6) is 0 Å². The molecule has 0 amide bonds. The number of aromatic nitrogens is 2. The number of rotatable bonds is 7. The number of anilines is 6. The van der Waals surface area contributed by atoms with Crippen molar-refractivity contribution in [2.45, 2.75) is 52.4 Å². The number of nitrogens with zero attached hydrogens (tertiary/aromatic N) is 4. The standard InChI is InChI=1S/C92H67BN4O2/c1-91(2,3)61-47-59(48-62(52-61)92(4,5)6)58-41-44-72-78(49-58)96(80-50-60(56-25-9-7-10-26-56)51-86-87(80)70-33-17-23-39-83(70)99-86)81-54-64(95-76-37-21-15-31-68(76)69-32-16-22-38-77(69)95)55-82-89(81)93(72)73-45-42-63(94-74-35-19-13-29-66(74)67-30-14-20-36-75(67)94)53-79(73)97(82)90-65(57-27-11-8-12-28-57)43-46-85-88(90)71-34-18-24-40-84(71)98-85/h7-55H,1-6H3/i13D,14D,15D,16D,19D,20D,21D,22D,29D,30D,31D,32D,35D,36D,37D,38D. The second-order valence-electron chi connectivity index (χ2n) is 28.0. The van der Waals surface area contributed by atoms with Crippen LogP contribution in [0.25, 0.3) is 132 Å². The van der Waals surface area contributed by atoms with Crippen LogP contribution >= 0.6 is 0 Å². The number of fused-ring (bicyclic) bond motifs is 16. The largest absolute Gasteiger partial charge is 0.456 e. The second-order valence-corrected chi connectivity index (χ2v) is 28.0. The summed E-state index contributed by atoms with van der Waals surface area (Å²) in [6, 6.07) is 57.8. The van der Waals surface area contributed by atoms with E-state index in [9.17, 15) is 19.2 Å². The summed E-state index contributed by atoms with van der Waals surface area (Å²) in [5, 5.41) is 2.43. The van der Waals surface area contributed by atoms with Crippen molar-refractivity contribution < 1.29 is 30.8 Å². The van der Waals surface area contributed by atoms with Crippen molar-refractivity contribution in [3.8, 4) is 44.8 Å². The fourth-order valence-electron chi connectivity index (χ4n) is 15.6. The van der Waals surface area contributed by atoms with Gasteiger partial charge in [-0.05, 0) is 157 Å². The van der Waals surface area contributed by atoms with Crippen LogP contribution in [0.3, 0.4) is 0 Å². The third-order valence-electron chi connectivity index (χ3n) is 20.3. The molecule has 2 aliphatic heterocycles. The highest BCUT2D eigenvalue weighted by molar-refractivity contribution is 7.00. The summed E-state index contributed by atoms with van der Waals surface area (Å²) in [7, 11) is 0. The lowest BCUT2D eigenvalue weighted by molar-refractivity contribution is 0.569. The third-order valence-corrected chi connectivity index (χ3v) is 20.3. The molecule has 4 aromatic heterocycles. The minimum absolute atomic E-state index is 0.0965. The van der Waals surface area contributed by atoms with Gasteiger partial charge < -0.3 is 27.8 Å². The molecule has 20 rings (SSSR count). The van der Waals surface area contributed by atoms with Gasteiger partial charge in [0.15, 0.2) is 0 Å². The van der Waals surface area contributed by atoms with Crippen LogP contribution in [0.1, 0.15) is 74.6 Å². The molecule has 6 nitrogen and oxygen atoms in total. The summed E-state index contributed by atoms with van der Waals surface area (Å²) in [4.78, 5) is 4.39. The highest BCUT2D eigenvalue weighted by Crippen LogP contribution is 2.55. The molecule has 0 unspecified atom stereocenters. The van der Waals surface area contributed by atoms with Gasteiger partial charge in [-0.3, -0.25) is 0 Å². The first-order valence-electron chi connectivity index (χ1n) is 41.3. The summed E-state index contributed by atoms with van der Waals surface area (Å²) in [6.45, 7) is 12.4. The molecule has 7 heteroatoms. The molecule has 2 aliphatic rings. The van der Waals surface area contributed by atoms with E-state index in [0.717, 1.165) is 60.6 Å². The van der Waals surface area contributed by atoms with E-state index >= 15 is 0 Å². The van der Waals surface area contributed by atoms with Gasteiger partial charge in [0, 0.05) is 66.3 Å². The molecule has 14 aromatic carbocycles. The summed E-state index contributed by atoms with van der Waals surface area (Å²) < 4.78 is 170. The Morgan fingerprint density at radius 1 is 0.323 bits per heavy atom. The maximum absolute atomic E-state index is 10.2. The van der Waals surface area contributed by atoms with Crippen LogP contribution in [0.4, 0.5) is 34.1 Å². The van der Waals surface area contributed by atoms with Gasteiger partial charge >= 0.3 is 0 Å². The topological polar surface area (TPSA) is 42.6 Å². The lowest BCUT2D eigenvalue weighted by atomic mass is 9.33. The highest BCUT2D eigenvalue weighted by Gasteiger charge is 2.46. The first kappa shape index (κ1) is 43.2. The zero-order valence-electron chi connectivity index (χ0n) is 70.7. The molecule has 470 valence electrons. The molecule has 0 saturated carbocycles. The van der Waals surface area contributed by atoms with Crippen molar-refractivity contribution in [1.82, 2.24) is 9.13 Å². The molecule has 0 spiro atoms. The van der Waals surface area contributed by atoms with Crippen molar-refractivity contribution in [3.63, 3.8) is 0 Å². The summed E-state index contributed by atoms with van der Waals surface area (Å²) in [5.41, 5.74) is 14.5. The van der Waals surface area contributed by atoms with Crippen LogP contribution in [0.2, 0.25) is 0 Å². The summed E-state index contributed by atoms with van der Waals surface area (Å²) in [6.07, 6.45) is 0. The molecule has 0 atom stereocenters. The fourth-order valence-corrected chi connectivity index (χ4v) is 15.6. The average Bonchev–Trinajstić information content (AvgIpc) is 1.49. The van der Waals surface area contributed by atoms with Gasteiger partial charge in [-0.1, -0.05) is 248 Å². The van der Waals surface area contributed by atoms with Crippen molar-refractivity contribution in [3.05, 3.63) is 308 Å². The van der Waals surface area contributed by atoms with Crippen molar-refractivity contribution in [1.29, 1.82) is 0 Å². The van der Waals surface area contributed by atoms with E-state index in [4.69, 9.17) is 11.6 Å².